The van der Waals surface area contributed by atoms with Crippen LogP contribution in [0, 0.1) is 9.62 Å². The molecule has 0 spiro atoms. The highest BCUT2D eigenvalue weighted by atomic mass is 127. The normalized spacial score (nSPS) is 20.7. The van der Waals surface area contributed by atoms with E-state index in [0.717, 1.165) is 15.9 Å². The molecular formula is C11H11IN2O. The number of halogens is 1. The van der Waals surface area contributed by atoms with Gasteiger partial charge in [-0.1, -0.05) is 6.08 Å². The zero-order chi connectivity index (χ0) is 10.8. The Kier molecular flexibility index (Phi) is 3.04. The van der Waals surface area contributed by atoms with Gasteiger partial charge in [-0.05, 0) is 34.7 Å². The quantitative estimate of drug-likeness (QED) is 0.476. The Hall–Kier alpha value is -0.910. The Morgan fingerprint density at radius 1 is 1.67 bits per heavy atom. The van der Waals surface area contributed by atoms with Crippen molar-refractivity contribution in [2.45, 2.75) is 6.42 Å². The van der Waals surface area contributed by atoms with Crippen LogP contribution >= 0.6 is 22.6 Å². The second kappa shape index (κ2) is 4.30. The van der Waals surface area contributed by atoms with E-state index in [1.165, 1.54) is 0 Å². The first-order valence-corrected chi connectivity index (χ1v) is 5.83. The Morgan fingerprint density at radius 2 is 2.47 bits per heavy atom. The summed E-state index contributed by atoms with van der Waals surface area (Å²) in [6.07, 6.45) is 4.15. The lowest BCUT2D eigenvalue weighted by atomic mass is 10.1. The maximum atomic E-state index is 11.7. The van der Waals surface area contributed by atoms with Gasteiger partial charge in [0.1, 0.15) is 3.70 Å². The predicted molar refractivity (Wildman–Crippen MR) is 67.6 cm³/mol. The molecule has 1 aliphatic rings. The minimum absolute atomic E-state index is 0.158. The summed E-state index contributed by atoms with van der Waals surface area (Å²) < 4.78 is 0.869. The predicted octanol–water partition coefficient (Wildman–Crippen LogP) is 2.23. The van der Waals surface area contributed by atoms with E-state index in [-0.39, 0.29) is 11.8 Å². The largest absolute Gasteiger partial charge is 0.309 e. The van der Waals surface area contributed by atoms with Gasteiger partial charge in [-0.25, -0.2) is 4.98 Å². The van der Waals surface area contributed by atoms with Crippen molar-refractivity contribution in [3.8, 4) is 0 Å². The van der Waals surface area contributed by atoms with Crippen LogP contribution in [0.2, 0.25) is 0 Å². The van der Waals surface area contributed by atoms with E-state index in [9.17, 15) is 4.79 Å². The summed E-state index contributed by atoms with van der Waals surface area (Å²) in [5, 5.41) is 0. The van der Waals surface area contributed by atoms with Gasteiger partial charge in [-0.2, -0.15) is 0 Å². The Morgan fingerprint density at radius 3 is 3.07 bits per heavy atom. The standard InChI is InChI=1S/C11H11IN2O/c1-2-8-6-10(15)14(7-8)9-4-3-5-13-11(9)12/h2-5,8H,1,6-7H2. The highest BCUT2D eigenvalue weighted by Gasteiger charge is 2.29. The van der Waals surface area contributed by atoms with Gasteiger partial charge in [0, 0.05) is 25.1 Å². The number of nitrogens with zero attached hydrogens (tertiary/aromatic N) is 2. The molecule has 78 valence electrons. The molecule has 0 radical (unpaired) electrons. The second-order valence-corrected chi connectivity index (χ2v) is 4.54. The molecule has 1 atom stereocenters. The van der Waals surface area contributed by atoms with E-state index in [1.807, 2.05) is 18.2 Å². The molecule has 15 heavy (non-hydrogen) atoms. The maximum Gasteiger partial charge on any atom is 0.227 e. The molecule has 3 nitrogen and oxygen atoms in total. The third-order valence-corrected chi connectivity index (χ3v) is 3.35. The fourth-order valence-electron chi connectivity index (χ4n) is 1.70. The van der Waals surface area contributed by atoms with Crippen molar-refractivity contribution in [1.29, 1.82) is 0 Å². The molecule has 1 unspecified atom stereocenters. The molecule has 1 aromatic rings. The third-order valence-electron chi connectivity index (χ3n) is 2.52. The first-order chi connectivity index (χ1) is 7.22. The van der Waals surface area contributed by atoms with E-state index in [0.29, 0.717) is 6.42 Å². The first-order valence-electron chi connectivity index (χ1n) is 4.76. The lowest BCUT2D eigenvalue weighted by molar-refractivity contribution is -0.117. The molecule has 0 aliphatic carbocycles. The average Bonchev–Trinajstić information content (AvgIpc) is 2.60. The number of hydrogen-bond donors (Lipinski definition) is 0. The highest BCUT2D eigenvalue weighted by Crippen LogP contribution is 2.27. The van der Waals surface area contributed by atoms with Crippen LogP contribution in [0.25, 0.3) is 0 Å². The Balaban J connectivity index is 2.29. The van der Waals surface area contributed by atoms with Crippen molar-refractivity contribution in [3.63, 3.8) is 0 Å². The molecule has 1 saturated heterocycles. The fourth-order valence-corrected chi connectivity index (χ4v) is 2.34. The van der Waals surface area contributed by atoms with E-state index < -0.39 is 0 Å². The van der Waals surface area contributed by atoms with Crippen LogP contribution in [0.5, 0.6) is 0 Å². The van der Waals surface area contributed by atoms with Gasteiger partial charge in [0.15, 0.2) is 0 Å². The highest BCUT2D eigenvalue weighted by molar-refractivity contribution is 14.1. The Labute approximate surface area is 102 Å². The van der Waals surface area contributed by atoms with Crippen molar-refractivity contribution in [1.82, 2.24) is 4.98 Å². The lowest BCUT2D eigenvalue weighted by Crippen LogP contribution is -2.25. The molecule has 1 fully saturated rings. The second-order valence-electron chi connectivity index (χ2n) is 3.52. The van der Waals surface area contributed by atoms with Gasteiger partial charge in [0.25, 0.3) is 0 Å². The molecule has 1 amide bonds. The molecule has 0 bridgehead atoms. The number of carbonyl (C=O) groups excluding carboxylic acids is 1. The van der Waals surface area contributed by atoms with Crippen LogP contribution in [0.1, 0.15) is 6.42 Å². The average molecular weight is 314 g/mol. The number of aromatic nitrogens is 1. The number of amides is 1. The lowest BCUT2D eigenvalue weighted by Gasteiger charge is -2.16. The summed E-state index contributed by atoms with van der Waals surface area (Å²) in [5.41, 5.74) is 0.910. The number of hydrogen-bond acceptors (Lipinski definition) is 2. The molecule has 0 N–H and O–H groups in total. The van der Waals surface area contributed by atoms with Crippen LogP contribution in [0.15, 0.2) is 31.0 Å². The summed E-state index contributed by atoms with van der Waals surface area (Å²) in [6, 6.07) is 3.78. The number of pyridine rings is 1. The molecule has 0 aromatic carbocycles. The van der Waals surface area contributed by atoms with Crippen LogP contribution in [-0.4, -0.2) is 17.4 Å². The van der Waals surface area contributed by atoms with Crippen LogP contribution in [-0.2, 0) is 4.79 Å². The van der Waals surface area contributed by atoms with Gasteiger partial charge >= 0.3 is 0 Å². The van der Waals surface area contributed by atoms with Gasteiger partial charge in [-0.3, -0.25) is 4.79 Å². The topological polar surface area (TPSA) is 33.2 Å². The SMILES string of the molecule is C=CC1CC(=O)N(c2cccnc2I)C1. The number of rotatable bonds is 2. The molecular weight excluding hydrogens is 303 g/mol. The molecule has 1 aliphatic heterocycles. The van der Waals surface area contributed by atoms with Crippen molar-refractivity contribution in [2.75, 3.05) is 11.4 Å². The molecule has 4 heteroatoms. The van der Waals surface area contributed by atoms with Gasteiger partial charge in [0.2, 0.25) is 5.91 Å². The van der Waals surface area contributed by atoms with Crippen LogP contribution in [0.4, 0.5) is 5.69 Å². The maximum absolute atomic E-state index is 11.7. The summed E-state index contributed by atoms with van der Waals surface area (Å²) in [4.78, 5) is 17.7. The van der Waals surface area contributed by atoms with Gasteiger partial charge in [0.05, 0.1) is 5.69 Å². The zero-order valence-corrected chi connectivity index (χ0v) is 10.3. The third kappa shape index (κ3) is 2.04. The Bertz CT molecular complexity index is 405. The number of anilines is 1. The summed E-state index contributed by atoms with van der Waals surface area (Å²) in [5.74, 6) is 0.430. The molecule has 2 rings (SSSR count). The molecule has 0 saturated carbocycles. The zero-order valence-electron chi connectivity index (χ0n) is 8.19. The molecule has 2 heterocycles. The van der Waals surface area contributed by atoms with E-state index in [2.05, 4.69) is 34.2 Å². The first kappa shape index (κ1) is 10.6. The number of carbonyl (C=O) groups is 1. The van der Waals surface area contributed by atoms with Gasteiger partial charge in [-0.15, -0.1) is 6.58 Å². The minimum atomic E-state index is 0.158. The molecule has 1 aromatic heterocycles. The summed E-state index contributed by atoms with van der Waals surface area (Å²) in [7, 11) is 0. The summed E-state index contributed by atoms with van der Waals surface area (Å²) >= 11 is 2.15. The van der Waals surface area contributed by atoms with Crippen LogP contribution in [0.3, 0.4) is 0 Å². The van der Waals surface area contributed by atoms with Crippen molar-refractivity contribution < 1.29 is 4.79 Å². The smallest absolute Gasteiger partial charge is 0.227 e. The van der Waals surface area contributed by atoms with Crippen molar-refractivity contribution in [3.05, 3.63) is 34.7 Å². The van der Waals surface area contributed by atoms with Crippen molar-refractivity contribution in [2.24, 2.45) is 5.92 Å². The van der Waals surface area contributed by atoms with Gasteiger partial charge < -0.3 is 4.90 Å². The van der Waals surface area contributed by atoms with E-state index in [1.54, 1.807) is 11.1 Å². The summed E-state index contributed by atoms with van der Waals surface area (Å²) in [6.45, 7) is 4.46. The van der Waals surface area contributed by atoms with E-state index in [4.69, 9.17) is 0 Å². The van der Waals surface area contributed by atoms with E-state index >= 15 is 0 Å². The van der Waals surface area contributed by atoms with Crippen LogP contribution < -0.4 is 4.90 Å². The fraction of sp³-hybridized carbons (Fsp3) is 0.273. The minimum Gasteiger partial charge on any atom is -0.309 e. The monoisotopic (exact) mass is 314 g/mol. The van der Waals surface area contributed by atoms with Crippen molar-refractivity contribution >= 4 is 34.2 Å².